The van der Waals surface area contributed by atoms with Gasteiger partial charge in [-0.3, -0.25) is 4.79 Å². The van der Waals surface area contributed by atoms with Gasteiger partial charge in [-0.15, -0.1) is 11.6 Å². The van der Waals surface area contributed by atoms with Gasteiger partial charge in [0.25, 0.3) is 5.91 Å². The van der Waals surface area contributed by atoms with E-state index in [1.54, 1.807) is 30.2 Å². The Kier molecular flexibility index (Phi) is 5.12. The molecule has 0 aliphatic carbocycles. The van der Waals surface area contributed by atoms with Crippen LogP contribution < -0.4 is 4.74 Å². The fraction of sp³-hybridized carbons (Fsp3) is 0.417. The van der Waals surface area contributed by atoms with E-state index in [0.717, 1.165) is 0 Å². The number of halogens is 1. The molecule has 0 bridgehead atoms. The van der Waals surface area contributed by atoms with Gasteiger partial charge in [-0.2, -0.15) is 0 Å². The number of ether oxygens (including phenoxy) is 1. The number of carbonyl (C=O) groups is 1. The number of benzene rings is 1. The summed E-state index contributed by atoms with van der Waals surface area (Å²) in [5, 5.41) is 0. The average molecular weight is 242 g/mol. The van der Waals surface area contributed by atoms with Crippen LogP contribution in [0.15, 0.2) is 24.3 Å². The first kappa shape index (κ1) is 12.8. The molecule has 16 heavy (non-hydrogen) atoms. The number of alkyl halides is 1. The molecule has 0 saturated carbocycles. The van der Waals surface area contributed by atoms with Crippen LogP contribution in [0, 0.1) is 0 Å². The zero-order chi connectivity index (χ0) is 12.0. The van der Waals surface area contributed by atoms with Crippen molar-refractivity contribution in [2.45, 2.75) is 6.92 Å². The SMILES string of the molecule is CCN(CCCl)C(=O)c1cccc(OC)c1. The Morgan fingerprint density at radius 1 is 1.50 bits per heavy atom. The first-order chi connectivity index (χ1) is 7.72. The van der Waals surface area contributed by atoms with Crippen molar-refractivity contribution in [2.24, 2.45) is 0 Å². The minimum atomic E-state index is -0.0120. The van der Waals surface area contributed by atoms with E-state index in [1.165, 1.54) is 0 Å². The molecule has 88 valence electrons. The Hall–Kier alpha value is -1.22. The van der Waals surface area contributed by atoms with E-state index in [4.69, 9.17) is 16.3 Å². The summed E-state index contributed by atoms with van der Waals surface area (Å²) in [5.41, 5.74) is 0.631. The maximum atomic E-state index is 12.0. The fourth-order valence-electron chi connectivity index (χ4n) is 1.44. The van der Waals surface area contributed by atoms with Crippen molar-refractivity contribution in [3.05, 3.63) is 29.8 Å². The van der Waals surface area contributed by atoms with Crippen molar-refractivity contribution in [1.82, 2.24) is 4.90 Å². The molecule has 1 rings (SSSR count). The Labute approximate surface area is 101 Å². The summed E-state index contributed by atoms with van der Waals surface area (Å²) in [5.74, 6) is 1.12. The molecule has 1 aromatic rings. The van der Waals surface area contributed by atoms with Gasteiger partial charge < -0.3 is 9.64 Å². The maximum absolute atomic E-state index is 12.0. The molecule has 0 saturated heterocycles. The minimum absolute atomic E-state index is 0.0120. The first-order valence-corrected chi connectivity index (χ1v) is 5.75. The van der Waals surface area contributed by atoms with E-state index in [9.17, 15) is 4.79 Å². The van der Waals surface area contributed by atoms with Crippen molar-refractivity contribution < 1.29 is 9.53 Å². The second-order valence-corrected chi connectivity index (χ2v) is 3.68. The topological polar surface area (TPSA) is 29.5 Å². The molecule has 0 atom stereocenters. The molecule has 3 nitrogen and oxygen atoms in total. The molecule has 0 aliphatic rings. The van der Waals surface area contributed by atoms with Crippen LogP contribution >= 0.6 is 11.6 Å². The van der Waals surface area contributed by atoms with Crippen LogP contribution in [-0.2, 0) is 0 Å². The molecule has 0 heterocycles. The highest BCUT2D eigenvalue weighted by atomic mass is 35.5. The maximum Gasteiger partial charge on any atom is 0.254 e. The third-order valence-corrected chi connectivity index (χ3v) is 2.51. The summed E-state index contributed by atoms with van der Waals surface area (Å²) >= 11 is 5.65. The van der Waals surface area contributed by atoms with Crippen molar-refractivity contribution in [3.63, 3.8) is 0 Å². The van der Waals surface area contributed by atoms with Gasteiger partial charge in [0.1, 0.15) is 5.75 Å². The van der Waals surface area contributed by atoms with E-state index >= 15 is 0 Å². The van der Waals surface area contributed by atoms with Crippen molar-refractivity contribution in [3.8, 4) is 5.75 Å². The van der Waals surface area contributed by atoms with Gasteiger partial charge in [-0.05, 0) is 25.1 Å². The molecule has 0 unspecified atom stereocenters. The predicted molar refractivity (Wildman–Crippen MR) is 65.3 cm³/mol. The lowest BCUT2D eigenvalue weighted by molar-refractivity contribution is 0.0773. The van der Waals surface area contributed by atoms with Gasteiger partial charge in [0.2, 0.25) is 0 Å². The lowest BCUT2D eigenvalue weighted by atomic mass is 10.2. The molecule has 0 fully saturated rings. The highest BCUT2D eigenvalue weighted by Gasteiger charge is 2.13. The normalized spacial score (nSPS) is 9.94. The summed E-state index contributed by atoms with van der Waals surface area (Å²) in [6, 6.07) is 7.14. The quantitative estimate of drug-likeness (QED) is 0.741. The van der Waals surface area contributed by atoms with E-state index in [2.05, 4.69) is 0 Å². The number of methoxy groups -OCH3 is 1. The van der Waals surface area contributed by atoms with Crippen LogP contribution in [0.3, 0.4) is 0 Å². The van der Waals surface area contributed by atoms with Crippen LogP contribution in [0.2, 0.25) is 0 Å². The zero-order valence-corrected chi connectivity index (χ0v) is 10.3. The Morgan fingerprint density at radius 3 is 2.81 bits per heavy atom. The van der Waals surface area contributed by atoms with E-state index in [1.807, 2.05) is 13.0 Å². The standard InChI is InChI=1S/C12H16ClNO2/c1-3-14(8-7-13)12(15)10-5-4-6-11(9-10)16-2/h4-6,9H,3,7-8H2,1-2H3. The number of rotatable bonds is 5. The summed E-state index contributed by atoms with van der Waals surface area (Å²) in [4.78, 5) is 13.8. The summed E-state index contributed by atoms with van der Waals surface area (Å²) < 4.78 is 5.08. The number of hydrogen-bond acceptors (Lipinski definition) is 2. The first-order valence-electron chi connectivity index (χ1n) is 5.22. The van der Waals surface area contributed by atoms with Crippen molar-refractivity contribution >= 4 is 17.5 Å². The third kappa shape index (κ3) is 3.14. The molecule has 0 N–H and O–H groups in total. The van der Waals surface area contributed by atoms with E-state index in [0.29, 0.717) is 30.3 Å². The Morgan fingerprint density at radius 2 is 2.25 bits per heavy atom. The van der Waals surface area contributed by atoms with Crippen molar-refractivity contribution in [1.29, 1.82) is 0 Å². The highest BCUT2D eigenvalue weighted by molar-refractivity contribution is 6.18. The average Bonchev–Trinajstić information content (AvgIpc) is 2.35. The molecular formula is C12H16ClNO2. The van der Waals surface area contributed by atoms with Gasteiger partial charge in [-0.1, -0.05) is 6.07 Å². The molecule has 0 aromatic heterocycles. The summed E-state index contributed by atoms with van der Waals surface area (Å²) in [7, 11) is 1.58. The van der Waals surface area contributed by atoms with Crippen LogP contribution in [0.25, 0.3) is 0 Å². The predicted octanol–water partition coefficient (Wildman–Crippen LogP) is 2.40. The lowest BCUT2D eigenvalue weighted by Crippen LogP contribution is -2.32. The van der Waals surface area contributed by atoms with Gasteiger partial charge in [0.05, 0.1) is 7.11 Å². The van der Waals surface area contributed by atoms with Gasteiger partial charge in [0.15, 0.2) is 0 Å². The number of hydrogen-bond donors (Lipinski definition) is 0. The monoisotopic (exact) mass is 241 g/mol. The van der Waals surface area contributed by atoms with Crippen LogP contribution in [0.5, 0.6) is 5.75 Å². The second kappa shape index (κ2) is 6.38. The van der Waals surface area contributed by atoms with Crippen LogP contribution in [-0.4, -0.2) is 36.9 Å². The van der Waals surface area contributed by atoms with Crippen LogP contribution in [0.1, 0.15) is 17.3 Å². The molecule has 1 aromatic carbocycles. The van der Waals surface area contributed by atoms with Gasteiger partial charge in [0, 0.05) is 24.5 Å². The number of amides is 1. The van der Waals surface area contributed by atoms with Gasteiger partial charge >= 0.3 is 0 Å². The van der Waals surface area contributed by atoms with Crippen LogP contribution in [0.4, 0.5) is 0 Å². The Balaban J connectivity index is 2.85. The van der Waals surface area contributed by atoms with Gasteiger partial charge in [-0.25, -0.2) is 0 Å². The molecular weight excluding hydrogens is 226 g/mol. The number of nitrogens with zero attached hydrogens (tertiary/aromatic N) is 1. The lowest BCUT2D eigenvalue weighted by Gasteiger charge is -2.19. The minimum Gasteiger partial charge on any atom is -0.497 e. The smallest absolute Gasteiger partial charge is 0.254 e. The molecule has 0 aliphatic heterocycles. The highest BCUT2D eigenvalue weighted by Crippen LogP contribution is 2.14. The summed E-state index contributed by atoms with van der Waals surface area (Å²) in [6.45, 7) is 3.15. The second-order valence-electron chi connectivity index (χ2n) is 3.31. The summed E-state index contributed by atoms with van der Waals surface area (Å²) in [6.07, 6.45) is 0. The third-order valence-electron chi connectivity index (χ3n) is 2.34. The molecule has 4 heteroatoms. The van der Waals surface area contributed by atoms with E-state index in [-0.39, 0.29) is 5.91 Å². The van der Waals surface area contributed by atoms with E-state index < -0.39 is 0 Å². The largest absolute Gasteiger partial charge is 0.497 e. The number of carbonyl (C=O) groups excluding carboxylic acids is 1. The molecule has 0 radical (unpaired) electrons. The molecule has 1 amide bonds. The van der Waals surface area contributed by atoms with Crippen molar-refractivity contribution in [2.75, 3.05) is 26.1 Å². The molecule has 0 spiro atoms. The zero-order valence-electron chi connectivity index (χ0n) is 9.57. The fourth-order valence-corrected chi connectivity index (χ4v) is 1.65. The Bertz CT molecular complexity index is 355.